The van der Waals surface area contributed by atoms with Crippen molar-refractivity contribution >= 4 is 15.9 Å². The SMILES string of the molecule is COc1cccc(COc2cc(C)n(-c3ccnc(-c4nc(C(C)(C)C)ncc4C)c3)c(=O)c2Br)n1. The smallest absolute Gasteiger partial charge is 0.273 e. The zero-order valence-corrected chi connectivity index (χ0v) is 22.8. The highest BCUT2D eigenvalue weighted by Gasteiger charge is 2.20. The van der Waals surface area contributed by atoms with E-state index in [1.807, 2.05) is 44.3 Å². The van der Waals surface area contributed by atoms with Gasteiger partial charge in [-0.2, -0.15) is 0 Å². The van der Waals surface area contributed by atoms with Crippen molar-refractivity contribution in [1.29, 1.82) is 0 Å². The first-order chi connectivity index (χ1) is 17.1. The molecule has 0 aliphatic rings. The topological polar surface area (TPSA) is 92.0 Å². The van der Waals surface area contributed by atoms with E-state index in [0.29, 0.717) is 38.9 Å². The first-order valence-electron chi connectivity index (χ1n) is 11.4. The van der Waals surface area contributed by atoms with Crippen LogP contribution >= 0.6 is 15.9 Å². The van der Waals surface area contributed by atoms with Gasteiger partial charge in [-0.1, -0.05) is 26.8 Å². The van der Waals surface area contributed by atoms with Gasteiger partial charge in [0.25, 0.3) is 5.56 Å². The molecule has 0 fully saturated rings. The largest absolute Gasteiger partial charge is 0.486 e. The molecular weight excluding hydrogens is 522 g/mol. The van der Waals surface area contributed by atoms with Crippen LogP contribution < -0.4 is 15.0 Å². The number of ether oxygens (including phenoxy) is 2. The van der Waals surface area contributed by atoms with E-state index in [1.165, 1.54) is 0 Å². The second-order valence-electron chi connectivity index (χ2n) is 9.44. The molecule has 9 heteroatoms. The number of hydrogen-bond donors (Lipinski definition) is 0. The lowest BCUT2D eigenvalue weighted by Crippen LogP contribution is -2.22. The molecule has 186 valence electrons. The van der Waals surface area contributed by atoms with E-state index in [9.17, 15) is 4.79 Å². The Kier molecular flexibility index (Phi) is 7.21. The molecule has 0 bridgehead atoms. The lowest BCUT2D eigenvalue weighted by Gasteiger charge is -2.18. The average Bonchev–Trinajstić information content (AvgIpc) is 2.85. The summed E-state index contributed by atoms with van der Waals surface area (Å²) in [6.45, 7) is 10.2. The zero-order valence-electron chi connectivity index (χ0n) is 21.2. The molecule has 0 unspecified atom stereocenters. The molecule has 0 N–H and O–H groups in total. The van der Waals surface area contributed by atoms with Crippen molar-refractivity contribution < 1.29 is 9.47 Å². The third kappa shape index (κ3) is 5.31. The summed E-state index contributed by atoms with van der Waals surface area (Å²) in [5, 5.41) is 0. The summed E-state index contributed by atoms with van der Waals surface area (Å²) in [7, 11) is 1.56. The molecular formula is C27H28BrN5O3. The number of aromatic nitrogens is 5. The molecule has 0 saturated carbocycles. The van der Waals surface area contributed by atoms with Crippen molar-refractivity contribution in [3.8, 4) is 28.7 Å². The number of halogens is 1. The highest BCUT2D eigenvalue weighted by molar-refractivity contribution is 9.10. The minimum Gasteiger partial charge on any atom is -0.486 e. The zero-order chi connectivity index (χ0) is 26.0. The number of hydrogen-bond acceptors (Lipinski definition) is 7. The van der Waals surface area contributed by atoms with Crippen molar-refractivity contribution in [2.24, 2.45) is 0 Å². The predicted molar refractivity (Wildman–Crippen MR) is 142 cm³/mol. The molecule has 8 nitrogen and oxygen atoms in total. The standard InChI is InChI=1S/C27H28BrN5O3/c1-16-14-30-26(27(3,4)5)32-24(16)20-13-19(10-11-29-20)33-17(2)12-21(23(28)25(33)34)36-15-18-8-7-9-22(31-18)35-6/h7-14H,15H2,1-6H3. The summed E-state index contributed by atoms with van der Waals surface area (Å²) < 4.78 is 13.0. The molecule has 0 aromatic carbocycles. The van der Waals surface area contributed by atoms with Crippen LogP contribution in [-0.2, 0) is 12.0 Å². The minimum absolute atomic E-state index is 0.196. The lowest BCUT2D eigenvalue weighted by molar-refractivity contribution is 0.295. The number of pyridine rings is 3. The van der Waals surface area contributed by atoms with E-state index < -0.39 is 0 Å². The number of nitrogens with zero attached hydrogens (tertiary/aromatic N) is 5. The van der Waals surface area contributed by atoms with Gasteiger partial charge in [0.2, 0.25) is 5.88 Å². The summed E-state index contributed by atoms with van der Waals surface area (Å²) in [4.78, 5) is 31.5. The molecule has 4 heterocycles. The van der Waals surface area contributed by atoms with E-state index >= 15 is 0 Å². The van der Waals surface area contributed by atoms with Crippen molar-refractivity contribution in [2.45, 2.75) is 46.6 Å². The highest BCUT2D eigenvalue weighted by Crippen LogP contribution is 2.28. The second-order valence-corrected chi connectivity index (χ2v) is 10.2. The van der Waals surface area contributed by atoms with Crippen LogP contribution in [0.2, 0.25) is 0 Å². The van der Waals surface area contributed by atoms with Crippen molar-refractivity contribution in [3.63, 3.8) is 0 Å². The molecule has 0 atom stereocenters. The Bertz CT molecular complexity index is 1480. The fourth-order valence-corrected chi connectivity index (χ4v) is 4.07. The highest BCUT2D eigenvalue weighted by atomic mass is 79.9. The molecule has 4 aromatic heterocycles. The first kappa shape index (κ1) is 25.5. The summed E-state index contributed by atoms with van der Waals surface area (Å²) in [6.07, 6.45) is 3.50. The molecule has 0 spiro atoms. The van der Waals surface area contributed by atoms with Gasteiger partial charge in [0.15, 0.2) is 0 Å². The van der Waals surface area contributed by atoms with Gasteiger partial charge in [0.05, 0.1) is 29.9 Å². The van der Waals surface area contributed by atoms with Crippen LogP contribution in [0.5, 0.6) is 11.6 Å². The maximum atomic E-state index is 13.4. The van der Waals surface area contributed by atoms with Gasteiger partial charge in [-0.05, 0) is 53.5 Å². The molecule has 36 heavy (non-hydrogen) atoms. The molecule has 0 aliphatic carbocycles. The minimum atomic E-state index is -0.240. The Labute approximate surface area is 218 Å². The maximum absolute atomic E-state index is 13.4. The normalized spacial score (nSPS) is 11.4. The summed E-state index contributed by atoms with van der Waals surface area (Å²) in [6, 6.07) is 10.9. The van der Waals surface area contributed by atoms with E-state index in [1.54, 1.807) is 30.0 Å². The quantitative estimate of drug-likeness (QED) is 0.320. The van der Waals surface area contributed by atoms with Crippen LogP contribution in [0.4, 0.5) is 0 Å². The second kappa shape index (κ2) is 10.2. The molecule has 0 saturated heterocycles. The lowest BCUT2D eigenvalue weighted by atomic mass is 9.95. The predicted octanol–water partition coefficient (Wildman–Crippen LogP) is 5.35. The number of aryl methyl sites for hydroxylation is 2. The fraction of sp³-hybridized carbons (Fsp3) is 0.296. The van der Waals surface area contributed by atoms with E-state index in [2.05, 4.69) is 51.7 Å². The van der Waals surface area contributed by atoms with Gasteiger partial charge in [-0.3, -0.25) is 14.3 Å². The molecule has 0 radical (unpaired) electrons. The van der Waals surface area contributed by atoms with Crippen LogP contribution in [0, 0.1) is 13.8 Å². The Balaban J connectivity index is 1.69. The fourth-order valence-electron chi connectivity index (χ4n) is 3.66. The monoisotopic (exact) mass is 549 g/mol. The molecule has 4 rings (SSSR count). The molecule has 0 amide bonds. The molecule has 0 aliphatic heterocycles. The average molecular weight is 550 g/mol. The van der Waals surface area contributed by atoms with Crippen LogP contribution in [-0.4, -0.2) is 31.6 Å². The Hall–Kier alpha value is -3.59. The van der Waals surface area contributed by atoms with Crippen molar-refractivity contribution in [2.75, 3.05) is 7.11 Å². The van der Waals surface area contributed by atoms with Crippen LogP contribution in [0.1, 0.15) is 43.5 Å². The van der Waals surface area contributed by atoms with Gasteiger partial charge < -0.3 is 9.47 Å². The van der Waals surface area contributed by atoms with E-state index in [0.717, 1.165) is 17.1 Å². The molecule has 4 aromatic rings. The van der Waals surface area contributed by atoms with Gasteiger partial charge >= 0.3 is 0 Å². The number of rotatable bonds is 6. The van der Waals surface area contributed by atoms with Gasteiger partial charge in [0.1, 0.15) is 22.7 Å². The summed E-state index contributed by atoms with van der Waals surface area (Å²) in [5.74, 6) is 1.68. The number of methoxy groups -OCH3 is 1. The third-order valence-corrected chi connectivity index (χ3v) is 6.28. The van der Waals surface area contributed by atoms with E-state index in [4.69, 9.17) is 14.5 Å². The summed E-state index contributed by atoms with van der Waals surface area (Å²) >= 11 is 3.43. The summed E-state index contributed by atoms with van der Waals surface area (Å²) in [5.41, 5.74) is 3.97. The van der Waals surface area contributed by atoms with E-state index in [-0.39, 0.29) is 17.6 Å². The van der Waals surface area contributed by atoms with Crippen molar-refractivity contribution in [1.82, 2.24) is 24.5 Å². The van der Waals surface area contributed by atoms with Gasteiger partial charge in [0, 0.05) is 35.6 Å². The third-order valence-electron chi connectivity index (χ3n) is 5.55. The Morgan fingerprint density at radius 2 is 1.83 bits per heavy atom. The Morgan fingerprint density at radius 1 is 1.06 bits per heavy atom. The van der Waals surface area contributed by atoms with Crippen LogP contribution in [0.15, 0.2) is 58.1 Å². The maximum Gasteiger partial charge on any atom is 0.273 e. The Morgan fingerprint density at radius 3 is 2.56 bits per heavy atom. The van der Waals surface area contributed by atoms with Crippen LogP contribution in [0.25, 0.3) is 17.1 Å². The van der Waals surface area contributed by atoms with Gasteiger partial charge in [-0.15, -0.1) is 0 Å². The van der Waals surface area contributed by atoms with Crippen LogP contribution in [0.3, 0.4) is 0 Å². The van der Waals surface area contributed by atoms with Crippen molar-refractivity contribution in [3.05, 3.63) is 86.4 Å². The van der Waals surface area contributed by atoms with Gasteiger partial charge in [-0.25, -0.2) is 15.0 Å². The first-order valence-corrected chi connectivity index (χ1v) is 12.2.